The summed E-state index contributed by atoms with van der Waals surface area (Å²) in [4.78, 5) is 26.4. The topological polar surface area (TPSA) is 91.8 Å². The van der Waals surface area contributed by atoms with Crippen LogP contribution in [0.1, 0.15) is 24.3 Å². The van der Waals surface area contributed by atoms with Crippen LogP contribution in [0.4, 0.5) is 0 Å². The maximum atomic E-state index is 12.1. The number of carbonyl (C=O) groups is 1. The quantitative estimate of drug-likeness (QED) is 0.270. The molecule has 1 fully saturated rings. The number of hydrogen-bond acceptors (Lipinski definition) is 7. The van der Waals surface area contributed by atoms with Crippen molar-refractivity contribution < 1.29 is 23.7 Å². The lowest BCUT2D eigenvalue weighted by Crippen LogP contribution is -2.48. The first-order valence-electron chi connectivity index (χ1n) is 11.3. The minimum absolute atomic E-state index is 0.0389. The van der Waals surface area contributed by atoms with E-state index in [0.717, 1.165) is 11.1 Å². The Bertz CT molecular complexity index is 1330. The first kappa shape index (κ1) is 25.5. The highest BCUT2D eigenvalue weighted by Gasteiger charge is 2.58. The number of carbonyl (C=O) groups excluding carboxylic acids is 1. The summed E-state index contributed by atoms with van der Waals surface area (Å²) in [5.41, 5.74) is 0.0726. The first-order valence-corrected chi connectivity index (χ1v) is 11.7. The molecule has 9 heteroatoms. The molecular formula is C27H26N2O6S. The number of aromatic nitrogens is 2. The third-order valence-corrected chi connectivity index (χ3v) is 6.06. The fraction of sp³-hybridized carbons (Fsp3) is 0.296. The predicted molar refractivity (Wildman–Crippen MR) is 134 cm³/mol. The lowest BCUT2D eigenvalue weighted by Gasteiger charge is -2.30. The van der Waals surface area contributed by atoms with Gasteiger partial charge in [-0.2, -0.15) is 0 Å². The van der Waals surface area contributed by atoms with Gasteiger partial charge in [-0.1, -0.05) is 66.6 Å². The molecule has 2 heterocycles. The molecule has 8 nitrogen and oxygen atoms in total. The van der Waals surface area contributed by atoms with Gasteiger partial charge in [0.2, 0.25) is 0 Å². The molecule has 0 bridgehead atoms. The summed E-state index contributed by atoms with van der Waals surface area (Å²) >= 11 is 5.35. The lowest BCUT2D eigenvalue weighted by molar-refractivity contribution is -0.158. The van der Waals surface area contributed by atoms with Crippen molar-refractivity contribution in [1.29, 1.82) is 0 Å². The van der Waals surface area contributed by atoms with Gasteiger partial charge in [-0.3, -0.25) is 19.1 Å². The second kappa shape index (κ2) is 11.5. The van der Waals surface area contributed by atoms with E-state index in [-0.39, 0.29) is 23.5 Å². The van der Waals surface area contributed by atoms with Crippen molar-refractivity contribution >= 4 is 18.2 Å². The fourth-order valence-electron chi connectivity index (χ4n) is 4.08. The van der Waals surface area contributed by atoms with Crippen molar-refractivity contribution in [2.75, 3.05) is 6.61 Å². The van der Waals surface area contributed by atoms with Gasteiger partial charge >= 0.3 is 5.97 Å². The van der Waals surface area contributed by atoms with Crippen LogP contribution in [0.2, 0.25) is 0 Å². The second-order valence-corrected chi connectivity index (χ2v) is 8.72. The van der Waals surface area contributed by atoms with Crippen molar-refractivity contribution in [2.24, 2.45) is 0 Å². The van der Waals surface area contributed by atoms with Crippen LogP contribution in [-0.4, -0.2) is 39.9 Å². The number of rotatable bonds is 9. The molecule has 4 rings (SSSR count). The van der Waals surface area contributed by atoms with Gasteiger partial charge in [-0.25, -0.2) is 0 Å². The molecular weight excluding hydrogens is 480 g/mol. The molecule has 36 heavy (non-hydrogen) atoms. The number of aromatic amines is 1. The van der Waals surface area contributed by atoms with Gasteiger partial charge in [-0.05, 0) is 23.3 Å². The number of nitrogens with one attached hydrogen (secondary N) is 1. The van der Waals surface area contributed by atoms with Crippen LogP contribution in [0.25, 0.3) is 0 Å². The molecule has 0 aliphatic carbocycles. The lowest BCUT2D eigenvalue weighted by atomic mass is 9.96. The average molecular weight is 507 g/mol. The summed E-state index contributed by atoms with van der Waals surface area (Å²) in [6, 6.07) is 20.4. The highest BCUT2D eigenvalue weighted by atomic mass is 32.1. The number of esters is 1. The summed E-state index contributed by atoms with van der Waals surface area (Å²) in [7, 11) is 0. The van der Waals surface area contributed by atoms with Gasteiger partial charge in [0.1, 0.15) is 6.10 Å². The van der Waals surface area contributed by atoms with Crippen LogP contribution in [0.15, 0.2) is 77.7 Å². The third kappa shape index (κ3) is 5.80. The van der Waals surface area contributed by atoms with Crippen molar-refractivity contribution in [3.05, 3.63) is 99.2 Å². The summed E-state index contributed by atoms with van der Waals surface area (Å²) in [5, 5.41) is 0. The van der Waals surface area contributed by atoms with Crippen LogP contribution in [0, 0.1) is 17.1 Å². The molecule has 1 aromatic heterocycles. The number of hydrogen-bond donors (Lipinski definition) is 1. The van der Waals surface area contributed by atoms with Crippen LogP contribution < -0.4 is 5.56 Å². The summed E-state index contributed by atoms with van der Waals surface area (Å²) in [6.45, 7) is 1.74. The zero-order chi connectivity index (χ0) is 25.5. The first-order chi connectivity index (χ1) is 17.4. The Morgan fingerprint density at radius 3 is 2.33 bits per heavy atom. The second-order valence-electron chi connectivity index (χ2n) is 8.33. The van der Waals surface area contributed by atoms with E-state index in [1.165, 1.54) is 23.8 Å². The SMILES string of the molecule is C#C[C@]1(COCc2ccccc2)O[C@@H](n2ccc(=O)[nH]c2=S)[C@H](OC(C)=O)[C@@H]1OCc1ccccc1. The third-order valence-electron chi connectivity index (χ3n) is 5.74. The van der Waals surface area contributed by atoms with Crippen molar-refractivity contribution in [3.63, 3.8) is 0 Å². The maximum Gasteiger partial charge on any atom is 0.303 e. The van der Waals surface area contributed by atoms with E-state index in [4.69, 9.17) is 37.6 Å². The van der Waals surface area contributed by atoms with E-state index in [1.807, 2.05) is 60.7 Å². The summed E-state index contributed by atoms with van der Waals surface area (Å²) in [5.74, 6) is 2.16. The van der Waals surface area contributed by atoms with E-state index in [1.54, 1.807) is 0 Å². The smallest absolute Gasteiger partial charge is 0.303 e. The standard InChI is InChI=1S/C27H26N2O6S/c1-3-27(18-32-16-20-10-6-4-7-11-20)24(33-17-21-12-8-5-9-13-21)23(34-19(2)30)25(35-27)29-15-14-22(31)28-26(29)36/h1,4-15,23-25H,16-18H2,2H3,(H,28,31,36)/t23-,24+,25-,27-/m1/s1. The van der Waals surface area contributed by atoms with Gasteiger partial charge in [-0.15, -0.1) is 6.42 Å². The Balaban J connectivity index is 1.68. The van der Waals surface area contributed by atoms with Gasteiger partial charge < -0.3 is 18.9 Å². The minimum atomic E-state index is -1.42. The van der Waals surface area contributed by atoms with E-state index < -0.39 is 30.0 Å². The molecule has 0 radical (unpaired) electrons. The van der Waals surface area contributed by atoms with Gasteiger partial charge in [0.25, 0.3) is 5.56 Å². The summed E-state index contributed by atoms with van der Waals surface area (Å²) in [6.07, 6.45) is 4.66. The Morgan fingerprint density at radius 2 is 1.75 bits per heavy atom. The summed E-state index contributed by atoms with van der Waals surface area (Å²) < 4.78 is 25.9. The molecule has 1 aliphatic rings. The van der Waals surface area contributed by atoms with Gasteiger partial charge in [0.05, 0.1) is 19.8 Å². The minimum Gasteiger partial charge on any atom is -0.455 e. The molecule has 3 aromatic rings. The Kier molecular flexibility index (Phi) is 8.13. The molecule has 1 N–H and O–H groups in total. The molecule has 4 atom stereocenters. The molecule has 0 amide bonds. The van der Waals surface area contributed by atoms with Crippen molar-refractivity contribution in [1.82, 2.24) is 9.55 Å². The van der Waals surface area contributed by atoms with Gasteiger partial charge in [0, 0.05) is 19.2 Å². The largest absolute Gasteiger partial charge is 0.455 e. The number of nitrogens with zero attached hydrogens (tertiary/aromatic N) is 1. The van der Waals surface area contributed by atoms with Crippen molar-refractivity contribution in [3.8, 4) is 12.3 Å². The molecule has 1 aliphatic heterocycles. The average Bonchev–Trinajstić information content (AvgIpc) is 3.16. The Labute approximate surface area is 213 Å². The van der Waals surface area contributed by atoms with E-state index in [0.29, 0.717) is 6.61 Å². The number of terminal acetylenes is 1. The molecule has 0 saturated carbocycles. The predicted octanol–water partition coefficient (Wildman–Crippen LogP) is 3.54. The van der Waals surface area contributed by atoms with Gasteiger partial charge in [0.15, 0.2) is 22.7 Å². The zero-order valence-electron chi connectivity index (χ0n) is 19.7. The van der Waals surface area contributed by atoms with Crippen LogP contribution >= 0.6 is 12.2 Å². The van der Waals surface area contributed by atoms with Crippen LogP contribution in [0.3, 0.4) is 0 Å². The molecule has 2 aromatic carbocycles. The normalized spacial score (nSPS) is 23.2. The van der Waals surface area contributed by atoms with Crippen molar-refractivity contribution in [2.45, 2.75) is 44.2 Å². The highest BCUT2D eigenvalue weighted by Crippen LogP contribution is 2.41. The van der Waals surface area contributed by atoms with E-state index >= 15 is 0 Å². The number of H-pyrrole nitrogens is 1. The molecule has 0 spiro atoms. The fourth-order valence-corrected chi connectivity index (χ4v) is 4.34. The van der Waals surface area contributed by atoms with E-state index in [9.17, 15) is 9.59 Å². The Hall–Kier alpha value is -3.55. The van der Waals surface area contributed by atoms with E-state index in [2.05, 4.69) is 10.9 Å². The van der Waals surface area contributed by atoms with Crippen LogP contribution in [0.5, 0.6) is 0 Å². The number of benzene rings is 2. The zero-order valence-corrected chi connectivity index (χ0v) is 20.5. The molecule has 0 unspecified atom stereocenters. The Morgan fingerprint density at radius 1 is 1.11 bits per heavy atom. The van der Waals surface area contributed by atoms with Crippen LogP contribution in [-0.2, 0) is 37.0 Å². The highest BCUT2D eigenvalue weighted by molar-refractivity contribution is 7.71. The monoisotopic (exact) mass is 506 g/mol. The number of ether oxygens (including phenoxy) is 4. The maximum absolute atomic E-state index is 12.1. The molecule has 1 saturated heterocycles. The molecule has 186 valence electrons.